The van der Waals surface area contributed by atoms with Crippen molar-refractivity contribution in [3.63, 3.8) is 0 Å². The highest BCUT2D eigenvalue weighted by Crippen LogP contribution is 2.21. The van der Waals surface area contributed by atoms with Crippen molar-refractivity contribution in [3.05, 3.63) is 62.2 Å². The number of benzene rings is 2. The predicted octanol–water partition coefficient (Wildman–Crippen LogP) is 4.49. The zero-order valence-electron chi connectivity index (χ0n) is 12.5. The average Bonchev–Trinajstić information content (AvgIpc) is 2.54. The SMILES string of the molecule is O=C(Nc1ccccc1C(=O)NCC(F)(F)F)c1cc(Cl)ccc1I. The van der Waals surface area contributed by atoms with E-state index in [2.05, 4.69) is 5.32 Å². The number of carbonyl (C=O) groups excluding carboxylic acids is 2. The summed E-state index contributed by atoms with van der Waals surface area (Å²) in [5.74, 6) is -1.46. The number of rotatable bonds is 4. The molecular weight excluding hydrogens is 472 g/mol. The Bertz CT molecular complexity index is 812. The fraction of sp³-hybridized carbons (Fsp3) is 0.125. The summed E-state index contributed by atoms with van der Waals surface area (Å²) in [6, 6.07) is 10.5. The summed E-state index contributed by atoms with van der Waals surface area (Å²) < 4.78 is 37.4. The minimum atomic E-state index is -4.52. The number of amides is 2. The van der Waals surface area contributed by atoms with E-state index in [0.717, 1.165) is 0 Å². The smallest absolute Gasteiger partial charge is 0.343 e. The molecule has 0 heterocycles. The number of halogens is 5. The first-order valence-electron chi connectivity index (χ1n) is 6.88. The predicted molar refractivity (Wildman–Crippen MR) is 97.0 cm³/mol. The molecule has 9 heteroatoms. The highest BCUT2D eigenvalue weighted by molar-refractivity contribution is 14.1. The molecule has 0 spiro atoms. The van der Waals surface area contributed by atoms with Gasteiger partial charge in [0.05, 0.1) is 16.8 Å². The van der Waals surface area contributed by atoms with E-state index in [1.165, 1.54) is 24.3 Å². The Morgan fingerprint density at radius 1 is 1.04 bits per heavy atom. The molecule has 2 aromatic carbocycles. The van der Waals surface area contributed by atoms with Crippen LogP contribution in [0.15, 0.2) is 42.5 Å². The Hall–Kier alpha value is -1.81. The van der Waals surface area contributed by atoms with Gasteiger partial charge in [0.25, 0.3) is 11.8 Å². The Morgan fingerprint density at radius 2 is 1.72 bits per heavy atom. The molecule has 0 aliphatic carbocycles. The van der Waals surface area contributed by atoms with Crippen LogP contribution in [0.1, 0.15) is 20.7 Å². The largest absolute Gasteiger partial charge is 0.405 e. The summed E-state index contributed by atoms with van der Waals surface area (Å²) in [6.07, 6.45) is -4.52. The number of hydrogen-bond acceptors (Lipinski definition) is 2. The van der Waals surface area contributed by atoms with Crippen LogP contribution in [0, 0.1) is 3.57 Å². The molecule has 0 saturated carbocycles. The number of alkyl halides is 3. The fourth-order valence-electron chi connectivity index (χ4n) is 1.93. The van der Waals surface area contributed by atoms with E-state index in [1.54, 1.807) is 23.5 Å². The molecule has 0 aromatic heterocycles. The monoisotopic (exact) mass is 482 g/mol. The fourth-order valence-corrected chi connectivity index (χ4v) is 2.68. The molecule has 2 amide bonds. The highest BCUT2D eigenvalue weighted by atomic mass is 127. The van der Waals surface area contributed by atoms with Crippen LogP contribution in [0.2, 0.25) is 5.02 Å². The molecule has 0 radical (unpaired) electrons. The second kappa shape index (κ2) is 8.05. The lowest BCUT2D eigenvalue weighted by molar-refractivity contribution is -0.123. The van der Waals surface area contributed by atoms with E-state index in [9.17, 15) is 22.8 Å². The van der Waals surface area contributed by atoms with Gasteiger partial charge in [0.1, 0.15) is 6.54 Å². The second-order valence-corrected chi connectivity index (χ2v) is 6.52. The summed E-state index contributed by atoms with van der Waals surface area (Å²) in [7, 11) is 0. The topological polar surface area (TPSA) is 58.2 Å². The van der Waals surface area contributed by atoms with Gasteiger partial charge < -0.3 is 10.6 Å². The molecule has 0 atom stereocenters. The third-order valence-electron chi connectivity index (χ3n) is 3.04. The first-order valence-corrected chi connectivity index (χ1v) is 8.33. The van der Waals surface area contributed by atoms with E-state index in [0.29, 0.717) is 14.2 Å². The Labute approximate surface area is 159 Å². The van der Waals surface area contributed by atoms with Gasteiger partial charge in [-0.1, -0.05) is 23.7 Å². The van der Waals surface area contributed by atoms with Gasteiger partial charge in [-0.05, 0) is 52.9 Å². The van der Waals surface area contributed by atoms with Gasteiger partial charge in [0.2, 0.25) is 0 Å². The minimum Gasteiger partial charge on any atom is -0.343 e. The lowest BCUT2D eigenvalue weighted by Crippen LogP contribution is -2.34. The van der Waals surface area contributed by atoms with Crippen LogP contribution < -0.4 is 10.6 Å². The van der Waals surface area contributed by atoms with E-state index in [-0.39, 0.29) is 11.3 Å². The van der Waals surface area contributed by atoms with E-state index >= 15 is 0 Å². The van der Waals surface area contributed by atoms with Crippen LogP contribution >= 0.6 is 34.2 Å². The molecule has 132 valence electrons. The van der Waals surface area contributed by atoms with Crippen molar-refractivity contribution < 1.29 is 22.8 Å². The Kier molecular flexibility index (Phi) is 6.28. The van der Waals surface area contributed by atoms with Crippen LogP contribution in [-0.4, -0.2) is 24.5 Å². The first kappa shape index (κ1) is 19.5. The van der Waals surface area contributed by atoms with Crippen molar-refractivity contribution in [1.82, 2.24) is 5.32 Å². The first-order chi connectivity index (χ1) is 11.7. The summed E-state index contributed by atoms with van der Waals surface area (Å²) >= 11 is 7.83. The highest BCUT2D eigenvalue weighted by Gasteiger charge is 2.28. The summed E-state index contributed by atoms with van der Waals surface area (Å²) in [6.45, 7) is -1.46. The molecule has 2 aromatic rings. The van der Waals surface area contributed by atoms with Crippen molar-refractivity contribution in [1.29, 1.82) is 0 Å². The molecule has 0 aliphatic rings. The molecular formula is C16H11ClF3IN2O2. The molecule has 2 N–H and O–H groups in total. The van der Waals surface area contributed by atoms with Gasteiger partial charge in [-0.25, -0.2) is 0 Å². The number of hydrogen-bond donors (Lipinski definition) is 2. The lowest BCUT2D eigenvalue weighted by Gasteiger charge is -2.13. The maximum atomic E-state index is 12.4. The molecule has 0 saturated heterocycles. The van der Waals surface area contributed by atoms with Gasteiger partial charge in [-0.3, -0.25) is 9.59 Å². The van der Waals surface area contributed by atoms with Crippen molar-refractivity contribution in [2.75, 3.05) is 11.9 Å². The van der Waals surface area contributed by atoms with Crippen LogP contribution in [0.25, 0.3) is 0 Å². The molecule has 0 fully saturated rings. The summed E-state index contributed by atoms with van der Waals surface area (Å²) in [5.41, 5.74) is 0.318. The third kappa shape index (κ3) is 5.60. The van der Waals surface area contributed by atoms with Crippen LogP contribution in [0.4, 0.5) is 18.9 Å². The van der Waals surface area contributed by atoms with Crippen molar-refractivity contribution in [2.24, 2.45) is 0 Å². The Balaban J connectivity index is 2.21. The van der Waals surface area contributed by atoms with Gasteiger partial charge in [-0.2, -0.15) is 13.2 Å². The van der Waals surface area contributed by atoms with Gasteiger partial charge >= 0.3 is 6.18 Å². The molecule has 0 bridgehead atoms. The van der Waals surface area contributed by atoms with E-state index in [4.69, 9.17) is 11.6 Å². The summed E-state index contributed by atoms with van der Waals surface area (Å²) in [5, 5.41) is 4.67. The molecule has 0 unspecified atom stereocenters. The maximum Gasteiger partial charge on any atom is 0.405 e. The van der Waals surface area contributed by atoms with Crippen LogP contribution in [-0.2, 0) is 0 Å². The van der Waals surface area contributed by atoms with Crippen LogP contribution in [0.5, 0.6) is 0 Å². The van der Waals surface area contributed by atoms with Gasteiger partial charge in [-0.15, -0.1) is 0 Å². The number of nitrogens with one attached hydrogen (secondary N) is 2. The lowest BCUT2D eigenvalue weighted by atomic mass is 10.1. The second-order valence-electron chi connectivity index (χ2n) is 4.92. The zero-order valence-corrected chi connectivity index (χ0v) is 15.4. The number of anilines is 1. The van der Waals surface area contributed by atoms with Gasteiger partial charge in [0.15, 0.2) is 0 Å². The standard InChI is InChI=1S/C16H11ClF3IN2O2/c17-9-5-6-12(21)11(7-9)15(25)23-13-4-2-1-3-10(13)14(24)22-8-16(18,19)20/h1-7H,8H2,(H,22,24)(H,23,25). The molecule has 2 rings (SSSR count). The van der Waals surface area contributed by atoms with Gasteiger partial charge in [0, 0.05) is 8.59 Å². The maximum absolute atomic E-state index is 12.4. The molecule has 0 aliphatic heterocycles. The van der Waals surface area contributed by atoms with Crippen molar-refractivity contribution in [2.45, 2.75) is 6.18 Å². The van der Waals surface area contributed by atoms with E-state index in [1.807, 2.05) is 22.6 Å². The molecule has 4 nitrogen and oxygen atoms in total. The normalized spacial score (nSPS) is 11.1. The number of para-hydroxylation sites is 1. The van der Waals surface area contributed by atoms with Crippen molar-refractivity contribution in [3.8, 4) is 0 Å². The molecule has 25 heavy (non-hydrogen) atoms. The minimum absolute atomic E-state index is 0.0721. The summed E-state index contributed by atoms with van der Waals surface area (Å²) in [4.78, 5) is 24.4. The third-order valence-corrected chi connectivity index (χ3v) is 4.22. The van der Waals surface area contributed by atoms with Crippen LogP contribution in [0.3, 0.4) is 0 Å². The zero-order chi connectivity index (χ0) is 18.6. The quantitative estimate of drug-likeness (QED) is 0.631. The van der Waals surface area contributed by atoms with Crippen molar-refractivity contribution >= 4 is 51.7 Å². The number of carbonyl (C=O) groups is 2. The van der Waals surface area contributed by atoms with E-state index < -0.39 is 24.5 Å². The average molecular weight is 483 g/mol. The Morgan fingerprint density at radius 3 is 2.40 bits per heavy atom.